The molecule has 0 radical (unpaired) electrons. The smallest absolute Gasteiger partial charge is 0.316 e. The Hall–Kier alpha value is -2.74. The summed E-state index contributed by atoms with van der Waals surface area (Å²) in [7, 11) is 1.81. The van der Waals surface area contributed by atoms with E-state index in [0.29, 0.717) is 24.8 Å². The van der Waals surface area contributed by atoms with Crippen molar-refractivity contribution in [2.24, 2.45) is 7.05 Å². The summed E-state index contributed by atoms with van der Waals surface area (Å²) in [4.78, 5) is 24.5. The SMILES string of the molecule is CCc1cnc(OC2CCCN(C(=O)c3cc(-c4cccs4)nn3C)C2)nc1. The number of hydrogen-bond acceptors (Lipinski definition) is 6. The molecule has 0 saturated carbocycles. The second-order valence-corrected chi connectivity index (χ2v) is 7.82. The highest BCUT2D eigenvalue weighted by Crippen LogP contribution is 2.25. The third-order valence-electron chi connectivity index (χ3n) is 4.90. The molecular weight excluding hydrogens is 374 g/mol. The fourth-order valence-electron chi connectivity index (χ4n) is 3.33. The summed E-state index contributed by atoms with van der Waals surface area (Å²) < 4.78 is 7.59. The minimum atomic E-state index is -0.102. The van der Waals surface area contributed by atoms with Gasteiger partial charge in [0.25, 0.3) is 5.91 Å². The number of likely N-dealkylation sites (tertiary alicyclic amines) is 1. The Kier molecular flexibility index (Phi) is 5.38. The monoisotopic (exact) mass is 397 g/mol. The van der Waals surface area contributed by atoms with Gasteiger partial charge in [0.05, 0.1) is 11.4 Å². The standard InChI is InChI=1S/C20H23N5O2S/c1-3-14-11-21-20(22-12-14)27-15-6-4-8-25(13-15)19(26)17-10-16(23-24(17)2)18-7-5-9-28-18/h5,7,9-12,15H,3-4,6,8,13H2,1-2H3. The van der Waals surface area contributed by atoms with Crippen LogP contribution in [0.2, 0.25) is 0 Å². The molecule has 1 unspecified atom stereocenters. The molecule has 1 fully saturated rings. The zero-order valence-electron chi connectivity index (χ0n) is 16.0. The highest BCUT2D eigenvalue weighted by molar-refractivity contribution is 7.13. The van der Waals surface area contributed by atoms with Crippen LogP contribution in [0.5, 0.6) is 6.01 Å². The van der Waals surface area contributed by atoms with E-state index < -0.39 is 0 Å². The van der Waals surface area contributed by atoms with E-state index in [9.17, 15) is 4.79 Å². The van der Waals surface area contributed by atoms with Gasteiger partial charge in [0.2, 0.25) is 0 Å². The third-order valence-corrected chi connectivity index (χ3v) is 5.79. The van der Waals surface area contributed by atoms with Gasteiger partial charge in [0.1, 0.15) is 17.5 Å². The lowest BCUT2D eigenvalue weighted by Gasteiger charge is -2.32. The quantitative estimate of drug-likeness (QED) is 0.661. The minimum Gasteiger partial charge on any atom is -0.458 e. The first-order chi connectivity index (χ1) is 13.6. The van der Waals surface area contributed by atoms with Crippen molar-refractivity contribution in [2.45, 2.75) is 32.3 Å². The molecule has 0 aliphatic carbocycles. The van der Waals surface area contributed by atoms with Crippen LogP contribution in [0.25, 0.3) is 10.6 Å². The predicted molar refractivity (Wildman–Crippen MR) is 107 cm³/mol. The summed E-state index contributed by atoms with van der Waals surface area (Å²) in [6.45, 7) is 3.30. The van der Waals surface area contributed by atoms with Gasteiger partial charge in [-0.05, 0) is 42.3 Å². The number of carbonyl (C=O) groups is 1. The van der Waals surface area contributed by atoms with Crippen LogP contribution in [0.1, 0.15) is 35.8 Å². The van der Waals surface area contributed by atoms with E-state index in [2.05, 4.69) is 22.0 Å². The molecule has 7 nitrogen and oxygen atoms in total. The lowest BCUT2D eigenvalue weighted by atomic mass is 10.1. The Bertz CT molecular complexity index is 936. The zero-order valence-corrected chi connectivity index (χ0v) is 16.9. The molecule has 28 heavy (non-hydrogen) atoms. The number of thiophene rings is 1. The van der Waals surface area contributed by atoms with Crippen molar-refractivity contribution in [2.75, 3.05) is 13.1 Å². The van der Waals surface area contributed by atoms with Crippen LogP contribution in [-0.2, 0) is 13.5 Å². The normalized spacial score (nSPS) is 16.9. The number of piperidine rings is 1. The van der Waals surface area contributed by atoms with Crippen LogP contribution in [0, 0.1) is 0 Å². The molecule has 4 heterocycles. The zero-order chi connectivity index (χ0) is 19.5. The molecule has 0 spiro atoms. The van der Waals surface area contributed by atoms with Crippen molar-refractivity contribution in [3.63, 3.8) is 0 Å². The van der Waals surface area contributed by atoms with Gasteiger partial charge in [-0.25, -0.2) is 9.97 Å². The van der Waals surface area contributed by atoms with Crippen molar-refractivity contribution in [1.82, 2.24) is 24.6 Å². The molecule has 3 aromatic heterocycles. The Labute approximate surface area is 168 Å². The highest BCUT2D eigenvalue weighted by Gasteiger charge is 2.28. The third kappa shape index (κ3) is 3.91. The van der Waals surface area contributed by atoms with Gasteiger partial charge in [-0.15, -0.1) is 11.3 Å². The van der Waals surface area contributed by atoms with Crippen molar-refractivity contribution in [1.29, 1.82) is 0 Å². The molecule has 0 aromatic carbocycles. The van der Waals surface area contributed by atoms with E-state index in [1.165, 1.54) is 0 Å². The van der Waals surface area contributed by atoms with Crippen LogP contribution in [0.4, 0.5) is 0 Å². The Morgan fingerprint density at radius 2 is 2.18 bits per heavy atom. The number of hydrogen-bond donors (Lipinski definition) is 0. The lowest BCUT2D eigenvalue weighted by Crippen LogP contribution is -2.45. The summed E-state index contributed by atoms with van der Waals surface area (Å²) in [5, 5.41) is 6.51. The van der Waals surface area contributed by atoms with Crippen LogP contribution in [0.15, 0.2) is 36.0 Å². The van der Waals surface area contributed by atoms with Gasteiger partial charge in [0.15, 0.2) is 0 Å². The van der Waals surface area contributed by atoms with Gasteiger partial charge < -0.3 is 9.64 Å². The first-order valence-corrected chi connectivity index (χ1v) is 10.4. The maximum atomic E-state index is 13.1. The Balaban J connectivity index is 1.44. The van der Waals surface area contributed by atoms with Crippen molar-refractivity contribution >= 4 is 17.2 Å². The molecule has 146 valence electrons. The largest absolute Gasteiger partial charge is 0.458 e. The van der Waals surface area contributed by atoms with E-state index in [-0.39, 0.29) is 12.0 Å². The number of aromatic nitrogens is 4. The molecule has 0 N–H and O–H groups in total. The van der Waals surface area contributed by atoms with Gasteiger partial charge in [-0.1, -0.05) is 13.0 Å². The molecule has 8 heteroatoms. The van der Waals surface area contributed by atoms with Crippen molar-refractivity contribution < 1.29 is 9.53 Å². The molecule has 1 saturated heterocycles. The first-order valence-electron chi connectivity index (χ1n) is 9.49. The average molecular weight is 398 g/mol. The van der Waals surface area contributed by atoms with Gasteiger partial charge in [-0.3, -0.25) is 9.48 Å². The van der Waals surface area contributed by atoms with E-state index in [1.54, 1.807) is 28.4 Å². The number of rotatable bonds is 5. The summed E-state index contributed by atoms with van der Waals surface area (Å²) in [6, 6.07) is 6.23. The van der Waals surface area contributed by atoms with Gasteiger partial charge >= 0.3 is 6.01 Å². The number of nitrogens with zero attached hydrogens (tertiary/aromatic N) is 5. The number of ether oxygens (including phenoxy) is 1. The molecule has 0 bridgehead atoms. The molecule has 3 aromatic rings. The highest BCUT2D eigenvalue weighted by atomic mass is 32.1. The summed E-state index contributed by atoms with van der Waals surface area (Å²) in [6.07, 6.45) is 6.14. The fourth-order valence-corrected chi connectivity index (χ4v) is 4.01. The second-order valence-electron chi connectivity index (χ2n) is 6.88. The lowest BCUT2D eigenvalue weighted by molar-refractivity contribution is 0.0506. The Morgan fingerprint density at radius 3 is 2.89 bits per heavy atom. The number of amides is 1. The van der Waals surface area contributed by atoms with Crippen molar-refractivity contribution in [3.8, 4) is 16.6 Å². The molecule has 4 rings (SSSR count). The van der Waals surface area contributed by atoms with Crippen molar-refractivity contribution in [3.05, 3.63) is 47.2 Å². The maximum absolute atomic E-state index is 13.1. The molecule has 1 amide bonds. The average Bonchev–Trinajstić information content (AvgIpc) is 3.38. The van der Waals surface area contributed by atoms with Crippen LogP contribution in [0.3, 0.4) is 0 Å². The van der Waals surface area contributed by atoms with E-state index in [0.717, 1.165) is 35.4 Å². The summed E-state index contributed by atoms with van der Waals surface area (Å²) >= 11 is 1.61. The number of aryl methyl sites for hydroxylation is 2. The second kappa shape index (κ2) is 8.10. The summed E-state index contributed by atoms with van der Waals surface area (Å²) in [5.41, 5.74) is 2.49. The van der Waals surface area contributed by atoms with Crippen LogP contribution >= 0.6 is 11.3 Å². The first kappa shape index (κ1) is 18.6. The maximum Gasteiger partial charge on any atom is 0.316 e. The molecular formula is C20H23N5O2S. The van der Waals surface area contributed by atoms with Gasteiger partial charge in [0, 0.05) is 26.0 Å². The van der Waals surface area contributed by atoms with Crippen LogP contribution < -0.4 is 4.74 Å². The van der Waals surface area contributed by atoms with E-state index in [4.69, 9.17) is 4.74 Å². The van der Waals surface area contributed by atoms with E-state index in [1.807, 2.05) is 35.5 Å². The van der Waals surface area contributed by atoms with Crippen LogP contribution in [-0.4, -0.2) is 49.7 Å². The topological polar surface area (TPSA) is 73.1 Å². The number of carbonyl (C=O) groups excluding carboxylic acids is 1. The molecule has 1 aliphatic heterocycles. The Morgan fingerprint density at radius 1 is 1.36 bits per heavy atom. The molecule has 1 atom stereocenters. The fraction of sp³-hybridized carbons (Fsp3) is 0.400. The van der Waals surface area contributed by atoms with Gasteiger partial charge in [-0.2, -0.15) is 5.10 Å². The molecule has 1 aliphatic rings. The van der Waals surface area contributed by atoms with E-state index >= 15 is 0 Å². The minimum absolute atomic E-state index is 0.0200. The predicted octanol–water partition coefficient (Wildman–Crippen LogP) is 3.18. The summed E-state index contributed by atoms with van der Waals surface area (Å²) in [5.74, 6) is -0.0200.